The summed E-state index contributed by atoms with van der Waals surface area (Å²) in [7, 11) is 4.14. The van der Waals surface area contributed by atoms with Gasteiger partial charge >= 0.3 is 0 Å². The van der Waals surface area contributed by atoms with E-state index in [9.17, 15) is 9.59 Å². The Morgan fingerprint density at radius 1 is 1.37 bits per heavy atom. The zero-order chi connectivity index (χ0) is 14.6. The summed E-state index contributed by atoms with van der Waals surface area (Å²) in [5, 5.41) is 2.84. The van der Waals surface area contributed by atoms with E-state index in [2.05, 4.69) is 29.2 Å². The van der Waals surface area contributed by atoms with Gasteiger partial charge in [-0.05, 0) is 33.4 Å². The van der Waals surface area contributed by atoms with E-state index in [1.54, 1.807) is 0 Å². The highest BCUT2D eigenvalue weighted by molar-refractivity contribution is 5.88. The lowest BCUT2D eigenvalue weighted by molar-refractivity contribution is -0.128. The Kier molecular flexibility index (Phi) is 5.94. The lowest BCUT2D eigenvalue weighted by atomic mass is 10.0. The van der Waals surface area contributed by atoms with Gasteiger partial charge in [-0.15, -0.1) is 0 Å². The molecule has 0 saturated carbocycles. The number of nitrogens with one attached hydrogen (secondary N) is 1. The first-order valence-electron chi connectivity index (χ1n) is 6.99. The third-order valence-electron chi connectivity index (χ3n) is 3.77. The third kappa shape index (κ3) is 4.91. The van der Waals surface area contributed by atoms with Gasteiger partial charge in [0.15, 0.2) is 5.78 Å². The van der Waals surface area contributed by atoms with Crippen molar-refractivity contribution in [1.29, 1.82) is 0 Å². The highest BCUT2D eigenvalue weighted by Gasteiger charge is 2.27. The van der Waals surface area contributed by atoms with Crippen LogP contribution in [-0.2, 0) is 9.59 Å². The molecular weight excluding hydrogens is 242 g/mol. The summed E-state index contributed by atoms with van der Waals surface area (Å²) in [5.74, 6) is 0.110. The van der Waals surface area contributed by atoms with Crippen LogP contribution in [0.15, 0.2) is 0 Å². The fraction of sp³-hybridized carbons (Fsp3) is 0.857. The number of hydrogen-bond acceptors (Lipinski definition) is 4. The number of carbonyl (C=O) groups excluding carboxylic acids is 2. The van der Waals surface area contributed by atoms with Crippen molar-refractivity contribution in [2.24, 2.45) is 5.92 Å². The molecule has 1 N–H and O–H groups in total. The van der Waals surface area contributed by atoms with Gasteiger partial charge in [0.2, 0.25) is 5.91 Å². The first kappa shape index (κ1) is 16.1. The van der Waals surface area contributed by atoms with Crippen LogP contribution in [0.25, 0.3) is 0 Å². The predicted octanol–water partition coefficient (Wildman–Crippen LogP) is 0.352. The minimum atomic E-state index is -0.361. The summed E-state index contributed by atoms with van der Waals surface area (Å²) in [4.78, 5) is 27.8. The summed E-state index contributed by atoms with van der Waals surface area (Å²) in [6, 6.07) is 0.168. The third-order valence-corrected chi connectivity index (χ3v) is 3.77. The van der Waals surface area contributed by atoms with Crippen molar-refractivity contribution in [2.75, 3.05) is 33.7 Å². The number of ketones is 1. The Labute approximate surface area is 116 Å². The molecule has 0 bridgehead atoms. The van der Waals surface area contributed by atoms with Crippen LogP contribution >= 0.6 is 0 Å². The molecule has 1 amide bonds. The van der Waals surface area contributed by atoms with E-state index >= 15 is 0 Å². The first-order valence-corrected chi connectivity index (χ1v) is 6.99. The van der Waals surface area contributed by atoms with Crippen LogP contribution in [0.5, 0.6) is 0 Å². The van der Waals surface area contributed by atoms with Crippen LogP contribution < -0.4 is 5.32 Å². The van der Waals surface area contributed by atoms with Gasteiger partial charge in [-0.25, -0.2) is 0 Å². The van der Waals surface area contributed by atoms with Crippen LogP contribution in [0.2, 0.25) is 0 Å². The van der Waals surface area contributed by atoms with Gasteiger partial charge in [0.1, 0.15) is 0 Å². The van der Waals surface area contributed by atoms with E-state index in [1.165, 1.54) is 6.92 Å². The summed E-state index contributed by atoms with van der Waals surface area (Å²) in [6.07, 6.45) is 1.10. The predicted molar refractivity (Wildman–Crippen MR) is 76.0 cm³/mol. The summed E-state index contributed by atoms with van der Waals surface area (Å²) in [5.41, 5.74) is 0. The summed E-state index contributed by atoms with van der Waals surface area (Å²) < 4.78 is 0. The molecule has 1 saturated heterocycles. The minimum absolute atomic E-state index is 0.0240. The van der Waals surface area contributed by atoms with Gasteiger partial charge < -0.3 is 10.2 Å². The van der Waals surface area contributed by atoms with Gasteiger partial charge in [-0.2, -0.15) is 0 Å². The Morgan fingerprint density at radius 2 is 2.00 bits per heavy atom. The molecule has 5 heteroatoms. The molecule has 0 radical (unpaired) electrons. The standard InChI is InChI=1S/C14H27N3O2/c1-10(2)14(11(3)18)15-13(19)9-17-7-6-12(8-17)16(4)5/h10,12,14H,6-9H2,1-5H3,(H,15,19). The van der Waals surface area contributed by atoms with Crippen molar-refractivity contribution in [3.63, 3.8) is 0 Å². The fourth-order valence-electron chi connectivity index (χ4n) is 2.54. The average Bonchev–Trinajstić information content (AvgIpc) is 2.73. The molecule has 1 fully saturated rings. The molecule has 1 aliphatic rings. The highest BCUT2D eigenvalue weighted by Crippen LogP contribution is 2.12. The van der Waals surface area contributed by atoms with Crippen LogP contribution in [0.3, 0.4) is 0 Å². The van der Waals surface area contributed by atoms with Crippen molar-refractivity contribution in [1.82, 2.24) is 15.1 Å². The molecule has 0 aromatic carbocycles. The summed E-state index contributed by atoms with van der Waals surface area (Å²) >= 11 is 0. The molecule has 0 aromatic rings. The van der Waals surface area contributed by atoms with Gasteiger partial charge in [-0.1, -0.05) is 13.8 Å². The smallest absolute Gasteiger partial charge is 0.234 e. The first-order chi connectivity index (χ1) is 8.81. The van der Waals surface area contributed by atoms with Crippen molar-refractivity contribution in [2.45, 2.75) is 39.3 Å². The van der Waals surface area contributed by atoms with Crippen LogP contribution in [0.1, 0.15) is 27.2 Å². The van der Waals surface area contributed by atoms with E-state index < -0.39 is 0 Å². The van der Waals surface area contributed by atoms with Crippen LogP contribution in [-0.4, -0.2) is 67.3 Å². The largest absolute Gasteiger partial charge is 0.345 e. The maximum Gasteiger partial charge on any atom is 0.234 e. The van der Waals surface area contributed by atoms with E-state index in [0.717, 1.165) is 19.5 Å². The lowest BCUT2D eigenvalue weighted by Crippen LogP contribution is -2.47. The Balaban J connectivity index is 2.41. The zero-order valence-corrected chi connectivity index (χ0v) is 12.8. The van der Waals surface area contributed by atoms with Crippen molar-refractivity contribution in [3.05, 3.63) is 0 Å². The number of carbonyl (C=O) groups is 2. The average molecular weight is 269 g/mol. The molecule has 1 rings (SSSR count). The molecular formula is C14H27N3O2. The van der Waals surface area contributed by atoms with Gasteiger partial charge in [0.05, 0.1) is 12.6 Å². The molecule has 0 aliphatic carbocycles. The fourth-order valence-corrected chi connectivity index (χ4v) is 2.54. The zero-order valence-electron chi connectivity index (χ0n) is 12.8. The monoisotopic (exact) mass is 269 g/mol. The molecule has 19 heavy (non-hydrogen) atoms. The Bertz CT molecular complexity index is 329. The van der Waals surface area contributed by atoms with Gasteiger partial charge in [-0.3, -0.25) is 14.5 Å². The van der Waals surface area contributed by atoms with E-state index in [1.807, 2.05) is 13.8 Å². The molecule has 0 spiro atoms. The highest BCUT2D eigenvalue weighted by atomic mass is 16.2. The molecule has 5 nitrogen and oxygen atoms in total. The van der Waals surface area contributed by atoms with Crippen molar-refractivity contribution < 1.29 is 9.59 Å². The quantitative estimate of drug-likeness (QED) is 0.756. The number of hydrogen-bond donors (Lipinski definition) is 1. The molecule has 2 unspecified atom stereocenters. The van der Waals surface area contributed by atoms with Crippen molar-refractivity contribution in [3.8, 4) is 0 Å². The number of Topliss-reactive ketones (excluding diaryl/α,β-unsaturated/α-hetero) is 1. The molecule has 1 aliphatic heterocycles. The second kappa shape index (κ2) is 7.01. The Hall–Kier alpha value is -0.940. The van der Waals surface area contributed by atoms with E-state index in [0.29, 0.717) is 12.6 Å². The summed E-state index contributed by atoms with van der Waals surface area (Å²) in [6.45, 7) is 7.69. The molecule has 110 valence electrons. The number of amides is 1. The van der Waals surface area contributed by atoms with E-state index in [4.69, 9.17) is 0 Å². The second-order valence-corrected chi connectivity index (χ2v) is 6.04. The van der Waals surface area contributed by atoms with Gasteiger partial charge in [0.25, 0.3) is 0 Å². The van der Waals surface area contributed by atoms with Crippen LogP contribution in [0, 0.1) is 5.92 Å². The van der Waals surface area contributed by atoms with E-state index in [-0.39, 0.29) is 23.7 Å². The maximum absolute atomic E-state index is 12.0. The Morgan fingerprint density at radius 3 is 2.42 bits per heavy atom. The number of likely N-dealkylation sites (N-methyl/N-ethyl adjacent to an activating group) is 1. The molecule has 0 aromatic heterocycles. The minimum Gasteiger partial charge on any atom is -0.345 e. The number of nitrogens with zero attached hydrogens (tertiary/aromatic N) is 2. The van der Waals surface area contributed by atoms with Crippen LogP contribution in [0.4, 0.5) is 0 Å². The van der Waals surface area contributed by atoms with Crippen molar-refractivity contribution >= 4 is 11.7 Å². The SMILES string of the molecule is CC(=O)C(NC(=O)CN1CCC(N(C)C)C1)C(C)C. The maximum atomic E-state index is 12.0. The topological polar surface area (TPSA) is 52.7 Å². The number of likely N-dealkylation sites (tertiary alicyclic amines) is 1. The lowest BCUT2D eigenvalue weighted by Gasteiger charge is -2.23. The molecule has 2 atom stereocenters. The molecule has 1 heterocycles. The number of rotatable bonds is 6. The normalized spacial score (nSPS) is 21.9. The van der Waals surface area contributed by atoms with Gasteiger partial charge in [0, 0.05) is 19.1 Å². The second-order valence-electron chi connectivity index (χ2n) is 6.04.